The third kappa shape index (κ3) is 1.69. The lowest BCUT2D eigenvalue weighted by Gasteiger charge is -2.43. The number of nitrogens with two attached hydrogens (primary N) is 1. The fourth-order valence-electron chi connectivity index (χ4n) is 1.57. The van der Waals surface area contributed by atoms with Gasteiger partial charge in [-0.3, -0.25) is 0 Å². The van der Waals surface area contributed by atoms with Crippen LogP contribution in [0.15, 0.2) is 0 Å². The zero-order chi connectivity index (χ0) is 10.2. The van der Waals surface area contributed by atoms with Gasteiger partial charge in [0.2, 0.25) is 0 Å². The molecule has 78 valence electrons. The van der Waals surface area contributed by atoms with Crippen molar-refractivity contribution in [1.82, 2.24) is 0 Å². The first-order valence-corrected chi connectivity index (χ1v) is 4.05. The van der Waals surface area contributed by atoms with Gasteiger partial charge in [0.1, 0.15) is 17.8 Å². The van der Waals surface area contributed by atoms with E-state index in [-0.39, 0.29) is 6.42 Å². The highest BCUT2D eigenvalue weighted by atomic mass is 16.4. The van der Waals surface area contributed by atoms with Crippen molar-refractivity contribution in [3.8, 4) is 0 Å². The van der Waals surface area contributed by atoms with Crippen molar-refractivity contribution in [3.05, 3.63) is 0 Å². The molecule has 0 aromatic rings. The molecule has 13 heavy (non-hydrogen) atoms. The second-order valence-electron chi connectivity index (χ2n) is 3.56. The second kappa shape index (κ2) is 3.49. The molecule has 1 rings (SSSR count). The molecule has 5 atom stereocenters. The quantitative estimate of drug-likeness (QED) is 0.257. The first-order valence-electron chi connectivity index (χ1n) is 4.05. The minimum Gasteiger partial charge on any atom is -0.393 e. The summed E-state index contributed by atoms with van der Waals surface area (Å²) in [5, 5.41) is 46.1. The summed E-state index contributed by atoms with van der Waals surface area (Å²) < 4.78 is 0. The van der Waals surface area contributed by atoms with Crippen molar-refractivity contribution in [2.24, 2.45) is 5.73 Å². The Hall–Kier alpha value is -0.240. The molecule has 0 saturated heterocycles. The largest absolute Gasteiger partial charge is 0.393 e. The van der Waals surface area contributed by atoms with Crippen LogP contribution < -0.4 is 5.73 Å². The fraction of sp³-hybridized carbons (Fsp3) is 1.00. The second-order valence-corrected chi connectivity index (χ2v) is 3.56. The Bertz CT molecular complexity index is 190. The number of hydrogen-bond donors (Lipinski definition) is 6. The summed E-state index contributed by atoms with van der Waals surface area (Å²) in [5.74, 6) is 0. The lowest BCUT2D eigenvalue weighted by molar-refractivity contribution is -0.203. The molecule has 0 aromatic heterocycles. The Kier molecular flexibility index (Phi) is 2.91. The molecule has 1 aliphatic rings. The first-order chi connectivity index (χ1) is 5.92. The summed E-state index contributed by atoms with van der Waals surface area (Å²) in [7, 11) is 0. The van der Waals surface area contributed by atoms with Crippen molar-refractivity contribution in [1.29, 1.82) is 0 Å². The van der Waals surface area contributed by atoms with Gasteiger partial charge in [-0.1, -0.05) is 0 Å². The molecule has 0 bridgehead atoms. The number of hydrogen-bond acceptors (Lipinski definition) is 6. The van der Waals surface area contributed by atoms with E-state index >= 15 is 0 Å². The van der Waals surface area contributed by atoms with E-state index in [1.165, 1.54) is 0 Å². The number of rotatable bonds is 1. The van der Waals surface area contributed by atoms with E-state index in [1.54, 1.807) is 0 Å². The summed E-state index contributed by atoms with van der Waals surface area (Å²) in [6, 6.07) is -0.851. The van der Waals surface area contributed by atoms with Gasteiger partial charge in [-0.25, -0.2) is 0 Å². The van der Waals surface area contributed by atoms with Crippen molar-refractivity contribution in [2.45, 2.75) is 36.4 Å². The highest BCUT2D eigenvalue weighted by Crippen LogP contribution is 2.28. The van der Waals surface area contributed by atoms with Gasteiger partial charge < -0.3 is 31.3 Å². The van der Waals surface area contributed by atoms with Gasteiger partial charge in [0.05, 0.1) is 12.7 Å². The zero-order valence-electron chi connectivity index (χ0n) is 7.04. The maximum absolute atomic E-state index is 9.56. The zero-order valence-corrected chi connectivity index (χ0v) is 7.04. The molecule has 1 aliphatic carbocycles. The molecular weight excluding hydrogens is 178 g/mol. The molecule has 0 spiro atoms. The molecule has 0 heterocycles. The summed E-state index contributed by atoms with van der Waals surface area (Å²) in [6.45, 7) is -0.703. The smallest absolute Gasteiger partial charge is 0.118 e. The maximum atomic E-state index is 9.56. The van der Waals surface area contributed by atoms with Crippen molar-refractivity contribution in [2.75, 3.05) is 6.61 Å². The maximum Gasteiger partial charge on any atom is 0.118 e. The van der Waals surface area contributed by atoms with E-state index in [9.17, 15) is 20.4 Å². The Morgan fingerprint density at radius 2 is 1.77 bits per heavy atom. The monoisotopic (exact) mass is 193 g/mol. The Morgan fingerprint density at radius 1 is 1.23 bits per heavy atom. The number of aliphatic hydroxyl groups excluding tert-OH is 4. The van der Waals surface area contributed by atoms with Crippen LogP contribution in [0.3, 0.4) is 0 Å². The summed E-state index contributed by atoms with van der Waals surface area (Å²) >= 11 is 0. The third-order valence-corrected chi connectivity index (χ3v) is 2.53. The molecule has 0 unspecified atom stereocenters. The first kappa shape index (κ1) is 10.8. The van der Waals surface area contributed by atoms with Gasteiger partial charge in [0, 0.05) is 6.04 Å². The van der Waals surface area contributed by atoms with Gasteiger partial charge in [-0.05, 0) is 6.42 Å². The highest BCUT2D eigenvalue weighted by molar-refractivity contribution is 5.03. The lowest BCUT2D eigenvalue weighted by Crippen LogP contribution is -2.66. The van der Waals surface area contributed by atoms with Crippen LogP contribution in [0.4, 0.5) is 0 Å². The van der Waals surface area contributed by atoms with Crippen LogP contribution >= 0.6 is 0 Å². The standard InChI is InChI=1S/C7H15NO5/c8-3-1-7(13,2-9)6(12)5(11)4(3)10/h3-6,9-13H,1-2,8H2/t3-,4+,5-,6+,7+/m0/s1. The van der Waals surface area contributed by atoms with Gasteiger partial charge in [0.25, 0.3) is 0 Å². The lowest BCUT2D eigenvalue weighted by atomic mass is 9.77. The molecule has 1 fully saturated rings. The predicted octanol–water partition coefficient (Wildman–Crippen LogP) is -3.48. The van der Waals surface area contributed by atoms with Crippen LogP contribution in [0.2, 0.25) is 0 Å². The van der Waals surface area contributed by atoms with E-state index in [0.29, 0.717) is 0 Å². The van der Waals surface area contributed by atoms with Crippen LogP contribution in [0, 0.1) is 0 Å². The van der Waals surface area contributed by atoms with E-state index in [2.05, 4.69) is 0 Å². The Balaban J connectivity index is 2.82. The summed E-state index contributed by atoms with van der Waals surface area (Å²) in [6.07, 6.45) is -4.53. The van der Waals surface area contributed by atoms with Crippen molar-refractivity contribution >= 4 is 0 Å². The normalized spacial score (nSPS) is 52.2. The van der Waals surface area contributed by atoms with Gasteiger partial charge in [-0.2, -0.15) is 0 Å². The number of aliphatic hydroxyl groups is 5. The molecule has 0 radical (unpaired) electrons. The van der Waals surface area contributed by atoms with Crippen LogP contribution in [-0.4, -0.2) is 62.1 Å². The van der Waals surface area contributed by atoms with E-state index in [0.717, 1.165) is 0 Å². The average molecular weight is 193 g/mol. The molecule has 0 amide bonds. The molecule has 1 saturated carbocycles. The summed E-state index contributed by atoms with van der Waals surface area (Å²) in [5.41, 5.74) is 3.57. The van der Waals surface area contributed by atoms with E-state index in [1.807, 2.05) is 0 Å². The van der Waals surface area contributed by atoms with Crippen LogP contribution in [0.5, 0.6) is 0 Å². The van der Waals surface area contributed by atoms with E-state index < -0.39 is 36.6 Å². The fourth-order valence-corrected chi connectivity index (χ4v) is 1.57. The molecule has 6 heteroatoms. The van der Waals surface area contributed by atoms with Crippen LogP contribution in [-0.2, 0) is 0 Å². The molecule has 0 aliphatic heterocycles. The van der Waals surface area contributed by atoms with Gasteiger partial charge >= 0.3 is 0 Å². The van der Waals surface area contributed by atoms with Gasteiger partial charge in [0.15, 0.2) is 0 Å². The Morgan fingerprint density at radius 3 is 2.23 bits per heavy atom. The van der Waals surface area contributed by atoms with Crippen LogP contribution in [0.1, 0.15) is 6.42 Å². The minimum absolute atomic E-state index is 0.150. The molecule has 6 nitrogen and oxygen atoms in total. The van der Waals surface area contributed by atoms with Crippen molar-refractivity contribution in [3.63, 3.8) is 0 Å². The summed E-state index contributed by atoms with van der Waals surface area (Å²) in [4.78, 5) is 0. The Labute approximate surface area is 75.2 Å². The SMILES string of the molecule is N[C@H]1C[C@@](O)(CO)[C@H](O)[C@@H](O)[C@@H]1O. The van der Waals surface area contributed by atoms with Gasteiger partial charge in [-0.15, -0.1) is 0 Å². The van der Waals surface area contributed by atoms with E-state index in [4.69, 9.17) is 10.8 Å². The molecular formula is C7H15NO5. The topological polar surface area (TPSA) is 127 Å². The van der Waals surface area contributed by atoms with Crippen LogP contribution in [0.25, 0.3) is 0 Å². The minimum atomic E-state index is -1.82. The third-order valence-electron chi connectivity index (χ3n) is 2.53. The molecule has 7 N–H and O–H groups in total. The van der Waals surface area contributed by atoms with Crippen molar-refractivity contribution < 1.29 is 25.5 Å². The molecule has 0 aromatic carbocycles. The average Bonchev–Trinajstić information content (AvgIpc) is 2.12. The highest BCUT2D eigenvalue weighted by Gasteiger charge is 2.49. The predicted molar refractivity (Wildman–Crippen MR) is 42.6 cm³/mol.